The van der Waals surface area contributed by atoms with Crippen LogP contribution in [0.15, 0.2) is 6.07 Å². The van der Waals surface area contributed by atoms with Gasteiger partial charge in [0.2, 0.25) is 0 Å². The van der Waals surface area contributed by atoms with E-state index >= 15 is 0 Å². The third-order valence-corrected chi connectivity index (χ3v) is 3.58. The highest BCUT2D eigenvalue weighted by Crippen LogP contribution is 2.15. The summed E-state index contributed by atoms with van der Waals surface area (Å²) in [6, 6.07) is 2.01. The molecule has 2 heterocycles. The third-order valence-electron chi connectivity index (χ3n) is 3.58. The minimum Gasteiger partial charge on any atom is -0.369 e. The maximum atomic E-state index is 4.39. The highest BCUT2D eigenvalue weighted by Gasteiger charge is 2.14. The lowest BCUT2D eigenvalue weighted by atomic mass is 9.99. The number of hydrogen-bond acceptors (Lipinski definition) is 4. The molecule has 0 aromatic carbocycles. The van der Waals surface area contributed by atoms with Crippen LogP contribution in [0, 0.1) is 19.8 Å². The molecule has 0 radical (unpaired) electrons. The molecular weight excluding hydrogens is 224 g/mol. The van der Waals surface area contributed by atoms with E-state index in [-0.39, 0.29) is 0 Å². The average Bonchev–Trinajstić information content (AvgIpc) is 2.30. The lowest BCUT2D eigenvalue weighted by molar-refractivity contribution is 0.199. The van der Waals surface area contributed by atoms with Gasteiger partial charge >= 0.3 is 0 Å². The van der Waals surface area contributed by atoms with Gasteiger partial charge in [0, 0.05) is 24.8 Å². The fourth-order valence-electron chi connectivity index (χ4n) is 2.44. The van der Waals surface area contributed by atoms with E-state index in [4.69, 9.17) is 0 Å². The molecule has 2 rings (SSSR count). The minimum absolute atomic E-state index is 0.837. The number of nitrogens with zero attached hydrogens (tertiary/aromatic N) is 3. The van der Waals surface area contributed by atoms with Gasteiger partial charge in [0.15, 0.2) is 0 Å². The van der Waals surface area contributed by atoms with Crippen LogP contribution in [0.2, 0.25) is 0 Å². The molecule has 1 aromatic heterocycles. The van der Waals surface area contributed by atoms with Gasteiger partial charge in [-0.15, -0.1) is 0 Å². The van der Waals surface area contributed by atoms with Crippen LogP contribution in [-0.2, 0) is 0 Å². The zero-order chi connectivity index (χ0) is 13.0. The van der Waals surface area contributed by atoms with Crippen molar-refractivity contribution in [1.29, 1.82) is 0 Å². The fourth-order valence-corrected chi connectivity index (χ4v) is 2.44. The second kappa shape index (κ2) is 6.14. The summed E-state index contributed by atoms with van der Waals surface area (Å²) < 4.78 is 0. The van der Waals surface area contributed by atoms with Crippen LogP contribution in [0.3, 0.4) is 0 Å². The van der Waals surface area contributed by atoms with Gasteiger partial charge in [-0.05, 0) is 45.7 Å². The molecule has 100 valence electrons. The molecule has 0 amide bonds. The largest absolute Gasteiger partial charge is 0.369 e. The first-order valence-corrected chi connectivity index (χ1v) is 6.92. The Morgan fingerprint density at radius 3 is 2.67 bits per heavy atom. The number of aromatic nitrogens is 2. The Morgan fingerprint density at radius 1 is 1.28 bits per heavy atom. The number of aryl methyl sites for hydroxylation is 2. The van der Waals surface area contributed by atoms with Crippen molar-refractivity contribution in [2.75, 3.05) is 31.5 Å². The van der Waals surface area contributed by atoms with Gasteiger partial charge in [0.1, 0.15) is 11.6 Å². The van der Waals surface area contributed by atoms with Gasteiger partial charge in [0.05, 0.1) is 0 Å². The molecule has 4 heteroatoms. The second-order valence-corrected chi connectivity index (χ2v) is 5.39. The van der Waals surface area contributed by atoms with Crippen molar-refractivity contribution in [3.05, 3.63) is 17.6 Å². The summed E-state index contributed by atoms with van der Waals surface area (Å²) >= 11 is 0. The van der Waals surface area contributed by atoms with Gasteiger partial charge in [0.25, 0.3) is 0 Å². The zero-order valence-corrected chi connectivity index (χ0v) is 11.7. The first-order chi connectivity index (χ1) is 8.63. The molecule has 1 fully saturated rings. The van der Waals surface area contributed by atoms with E-state index in [0.29, 0.717) is 0 Å². The molecule has 0 saturated carbocycles. The van der Waals surface area contributed by atoms with Crippen molar-refractivity contribution in [2.24, 2.45) is 5.92 Å². The molecule has 0 atom stereocenters. The van der Waals surface area contributed by atoms with Crippen LogP contribution in [0.1, 0.15) is 31.3 Å². The van der Waals surface area contributed by atoms with Crippen LogP contribution in [-0.4, -0.2) is 41.0 Å². The van der Waals surface area contributed by atoms with Crippen LogP contribution >= 0.6 is 0 Å². The molecule has 1 N–H and O–H groups in total. The van der Waals surface area contributed by atoms with Crippen LogP contribution in [0.4, 0.5) is 5.82 Å². The minimum atomic E-state index is 0.837. The SMILES string of the molecule is Cc1cc(NCCN2CCC(C)CC2)nc(C)n1. The number of rotatable bonds is 4. The topological polar surface area (TPSA) is 41.0 Å². The smallest absolute Gasteiger partial charge is 0.129 e. The van der Waals surface area contributed by atoms with Gasteiger partial charge < -0.3 is 10.2 Å². The van der Waals surface area contributed by atoms with E-state index in [2.05, 4.69) is 27.1 Å². The van der Waals surface area contributed by atoms with Crippen molar-refractivity contribution in [3.8, 4) is 0 Å². The first-order valence-electron chi connectivity index (χ1n) is 6.92. The molecule has 0 aliphatic carbocycles. The Morgan fingerprint density at radius 2 is 2.00 bits per heavy atom. The summed E-state index contributed by atoms with van der Waals surface area (Å²) in [6.07, 6.45) is 2.68. The van der Waals surface area contributed by atoms with Crippen LogP contribution in [0.5, 0.6) is 0 Å². The molecule has 1 aliphatic rings. The first kappa shape index (κ1) is 13.3. The lowest BCUT2D eigenvalue weighted by Gasteiger charge is -2.30. The molecule has 4 nitrogen and oxygen atoms in total. The summed E-state index contributed by atoms with van der Waals surface area (Å²) in [5.41, 5.74) is 1.02. The van der Waals surface area contributed by atoms with E-state index < -0.39 is 0 Å². The van der Waals surface area contributed by atoms with Gasteiger partial charge in [-0.1, -0.05) is 6.92 Å². The fraction of sp³-hybridized carbons (Fsp3) is 0.714. The maximum Gasteiger partial charge on any atom is 0.129 e. The van der Waals surface area contributed by atoms with Gasteiger partial charge in [-0.2, -0.15) is 0 Å². The second-order valence-electron chi connectivity index (χ2n) is 5.39. The van der Waals surface area contributed by atoms with E-state index in [1.807, 2.05) is 19.9 Å². The number of hydrogen-bond donors (Lipinski definition) is 1. The van der Waals surface area contributed by atoms with Crippen molar-refractivity contribution < 1.29 is 0 Å². The van der Waals surface area contributed by atoms with E-state index in [1.54, 1.807) is 0 Å². The van der Waals surface area contributed by atoms with Crippen LogP contribution in [0.25, 0.3) is 0 Å². The van der Waals surface area contributed by atoms with E-state index in [0.717, 1.165) is 36.3 Å². The highest BCUT2D eigenvalue weighted by atomic mass is 15.1. The van der Waals surface area contributed by atoms with Gasteiger partial charge in [-0.25, -0.2) is 9.97 Å². The van der Waals surface area contributed by atoms with E-state index in [1.165, 1.54) is 25.9 Å². The summed E-state index contributed by atoms with van der Waals surface area (Å²) in [7, 11) is 0. The molecule has 18 heavy (non-hydrogen) atoms. The highest BCUT2D eigenvalue weighted by molar-refractivity contribution is 5.35. The van der Waals surface area contributed by atoms with Gasteiger partial charge in [-0.3, -0.25) is 0 Å². The predicted octanol–water partition coefficient (Wildman–Crippen LogP) is 2.24. The molecule has 0 spiro atoms. The maximum absolute atomic E-state index is 4.39. The third kappa shape index (κ3) is 3.95. The Balaban J connectivity index is 1.74. The quantitative estimate of drug-likeness (QED) is 0.887. The predicted molar refractivity (Wildman–Crippen MR) is 74.8 cm³/mol. The monoisotopic (exact) mass is 248 g/mol. The Kier molecular flexibility index (Phi) is 4.53. The molecule has 0 unspecified atom stereocenters. The standard InChI is InChI=1S/C14H24N4/c1-11-4-7-18(8-5-11)9-6-15-14-10-12(2)16-13(3)17-14/h10-11H,4-9H2,1-3H3,(H,15,16,17). The van der Waals surface area contributed by atoms with Crippen molar-refractivity contribution in [1.82, 2.24) is 14.9 Å². The summed E-state index contributed by atoms with van der Waals surface area (Å²) in [6.45, 7) is 10.8. The number of likely N-dealkylation sites (tertiary alicyclic amines) is 1. The number of anilines is 1. The average molecular weight is 248 g/mol. The van der Waals surface area contributed by atoms with Crippen molar-refractivity contribution in [3.63, 3.8) is 0 Å². The van der Waals surface area contributed by atoms with Crippen molar-refractivity contribution >= 4 is 5.82 Å². The summed E-state index contributed by atoms with van der Waals surface area (Å²) in [5.74, 6) is 2.69. The summed E-state index contributed by atoms with van der Waals surface area (Å²) in [5, 5.41) is 3.39. The normalized spacial score (nSPS) is 17.9. The Hall–Kier alpha value is -1.16. The lowest BCUT2D eigenvalue weighted by Crippen LogP contribution is -2.36. The molecule has 1 aromatic rings. The molecule has 1 saturated heterocycles. The summed E-state index contributed by atoms with van der Waals surface area (Å²) in [4.78, 5) is 11.2. The Labute approximate surface area is 110 Å². The molecular formula is C14H24N4. The molecule has 1 aliphatic heterocycles. The molecule has 0 bridgehead atoms. The Bertz CT molecular complexity index is 363. The van der Waals surface area contributed by atoms with Crippen LogP contribution < -0.4 is 5.32 Å². The number of nitrogens with one attached hydrogen (secondary N) is 1. The van der Waals surface area contributed by atoms with Crippen molar-refractivity contribution in [2.45, 2.75) is 33.6 Å². The number of piperidine rings is 1. The van der Waals surface area contributed by atoms with E-state index in [9.17, 15) is 0 Å². The zero-order valence-electron chi connectivity index (χ0n) is 11.7.